The maximum atomic E-state index is 12.1. The zero-order valence-electron chi connectivity index (χ0n) is 18.8. The third-order valence-corrected chi connectivity index (χ3v) is 5.80. The van der Waals surface area contributed by atoms with Crippen molar-refractivity contribution in [2.75, 3.05) is 11.9 Å². The molecule has 8 heteroatoms. The molecule has 4 heterocycles. The number of rotatable bonds is 6. The van der Waals surface area contributed by atoms with Crippen molar-refractivity contribution in [2.45, 2.75) is 26.4 Å². The van der Waals surface area contributed by atoms with Gasteiger partial charge in [0.2, 0.25) is 0 Å². The van der Waals surface area contributed by atoms with Crippen LogP contribution in [0.5, 0.6) is 0 Å². The molecule has 0 spiro atoms. The molecule has 2 N–H and O–H groups in total. The van der Waals surface area contributed by atoms with Gasteiger partial charge >= 0.3 is 0 Å². The number of primary amides is 1. The van der Waals surface area contributed by atoms with Gasteiger partial charge in [0.05, 0.1) is 17.6 Å². The van der Waals surface area contributed by atoms with Crippen LogP contribution in [0.4, 0.5) is 5.69 Å². The van der Waals surface area contributed by atoms with Gasteiger partial charge in [0.15, 0.2) is 5.65 Å². The maximum absolute atomic E-state index is 12.1. The first-order chi connectivity index (χ1) is 15.9. The van der Waals surface area contributed by atoms with E-state index in [2.05, 4.69) is 51.6 Å². The molecule has 4 aromatic heterocycles. The van der Waals surface area contributed by atoms with Gasteiger partial charge in [-0.05, 0) is 37.6 Å². The molecular formula is C25H25N7O. The van der Waals surface area contributed by atoms with E-state index in [0.717, 1.165) is 28.0 Å². The highest BCUT2D eigenvalue weighted by atomic mass is 16.1. The summed E-state index contributed by atoms with van der Waals surface area (Å²) in [5.74, 6) is -0.574. The third-order valence-electron chi connectivity index (χ3n) is 5.80. The zero-order valence-corrected chi connectivity index (χ0v) is 18.8. The van der Waals surface area contributed by atoms with Crippen LogP contribution in [-0.2, 0) is 6.54 Å². The number of hydrogen-bond donors (Lipinski definition) is 1. The summed E-state index contributed by atoms with van der Waals surface area (Å²) in [7, 11) is 2.00. The summed E-state index contributed by atoms with van der Waals surface area (Å²) in [6, 6.07) is 16.4. The summed E-state index contributed by atoms with van der Waals surface area (Å²) in [5.41, 5.74) is 11.0. The number of carbonyl (C=O) groups excluding carboxylic acids is 1. The summed E-state index contributed by atoms with van der Waals surface area (Å²) in [4.78, 5) is 23.3. The first kappa shape index (κ1) is 20.7. The van der Waals surface area contributed by atoms with Crippen molar-refractivity contribution < 1.29 is 4.79 Å². The summed E-state index contributed by atoms with van der Waals surface area (Å²) in [5, 5.41) is 5.78. The largest absolute Gasteiger partial charge is 0.367 e. The van der Waals surface area contributed by atoms with E-state index in [0.29, 0.717) is 12.2 Å². The molecule has 33 heavy (non-hydrogen) atoms. The van der Waals surface area contributed by atoms with Crippen molar-refractivity contribution in [2.24, 2.45) is 5.73 Å². The van der Waals surface area contributed by atoms with Crippen LogP contribution in [-0.4, -0.2) is 37.1 Å². The van der Waals surface area contributed by atoms with Gasteiger partial charge < -0.3 is 15.2 Å². The van der Waals surface area contributed by atoms with E-state index in [9.17, 15) is 4.79 Å². The molecule has 0 bridgehead atoms. The Labute approximate surface area is 191 Å². The van der Waals surface area contributed by atoms with Crippen LogP contribution in [0.25, 0.3) is 27.9 Å². The molecule has 5 rings (SSSR count). The normalized spacial score (nSPS) is 11.5. The first-order valence-corrected chi connectivity index (χ1v) is 10.8. The van der Waals surface area contributed by atoms with Gasteiger partial charge in [-0.15, -0.1) is 0 Å². The predicted molar refractivity (Wildman–Crippen MR) is 129 cm³/mol. The number of nitrogens with zero attached hydrogens (tertiary/aromatic N) is 6. The Hall–Kier alpha value is -4.20. The van der Waals surface area contributed by atoms with Crippen LogP contribution >= 0.6 is 0 Å². The summed E-state index contributed by atoms with van der Waals surface area (Å²) < 4.78 is 3.68. The number of carbonyl (C=O) groups is 1. The number of amides is 1. The van der Waals surface area contributed by atoms with E-state index in [1.807, 2.05) is 43.4 Å². The van der Waals surface area contributed by atoms with Gasteiger partial charge in [-0.2, -0.15) is 5.10 Å². The molecule has 0 saturated carbocycles. The maximum Gasteiger partial charge on any atom is 0.269 e. The molecule has 0 saturated heterocycles. The highest BCUT2D eigenvalue weighted by Gasteiger charge is 2.20. The fraction of sp³-hybridized carbons (Fsp3) is 0.200. The molecular weight excluding hydrogens is 414 g/mol. The van der Waals surface area contributed by atoms with Crippen LogP contribution in [0.3, 0.4) is 0 Å². The van der Waals surface area contributed by atoms with Crippen LogP contribution in [0.15, 0.2) is 67.1 Å². The second-order valence-corrected chi connectivity index (χ2v) is 8.42. The smallest absolute Gasteiger partial charge is 0.269 e. The van der Waals surface area contributed by atoms with Crippen LogP contribution in [0.2, 0.25) is 0 Å². The van der Waals surface area contributed by atoms with Crippen LogP contribution in [0.1, 0.15) is 35.9 Å². The standard InChI is InChI=1S/C25H25N7O/c1-16(2)31-15-19(18-10-7-11-27-24(18)31)20-12-21(30(3)14-17-8-5-4-6-9-17)25-28-13-22(23(26)33)32(25)29-20/h4-13,15-16H,14H2,1-3H3,(H2,26,33). The second-order valence-electron chi connectivity index (χ2n) is 8.42. The minimum atomic E-state index is -0.574. The van der Waals surface area contributed by atoms with Crippen molar-refractivity contribution >= 4 is 28.3 Å². The Morgan fingerprint density at radius 3 is 2.61 bits per heavy atom. The molecule has 1 aromatic carbocycles. The molecule has 0 unspecified atom stereocenters. The van der Waals surface area contributed by atoms with Crippen molar-refractivity contribution in [3.05, 3.63) is 78.4 Å². The Morgan fingerprint density at radius 2 is 1.88 bits per heavy atom. The van der Waals surface area contributed by atoms with Crippen molar-refractivity contribution in [1.82, 2.24) is 24.1 Å². The van der Waals surface area contributed by atoms with E-state index in [1.54, 1.807) is 10.7 Å². The Balaban J connectivity index is 1.73. The van der Waals surface area contributed by atoms with Crippen molar-refractivity contribution in [3.63, 3.8) is 0 Å². The monoisotopic (exact) mass is 439 g/mol. The van der Waals surface area contributed by atoms with E-state index < -0.39 is 5.91 Å². The molecule has 166 valence electrons. The zero-order chi connectivity index (χ0) is 23.1. The number of fused-ring (bicyclic) bond motifs is 2. The molecule has 0 radical (unpaired) electrons. The molecule has 5 aromatic rings. The quantitative estimate of drug-likeness (QED) is 0.431. The number of imidazole rings is 1. The van der Waals surface area contributed by atoms with Gasteiger partial charge in [-0.25, -0.2) is 14.5 Å². The number of hydrogen-bond acceptors (Lipinski definition) is 5. The fourth-order valence-electron chi connectivity index (χ4n) is 4.16. The Kier molecular flexibility index (Phi) is 5.05. The van der Waals surface area contributed by atoms with E-state index in [-0.39, 0.29) is 11.7 Å². The molecule has 8 nitrogen and oxygen atoms in total. The lowest BCUT2D eigenvalue weighted by molar-refractivity contribution is 0.0993. The molecule has 0 aliphatic carbocycles. The first-order valence-electron chi connectivity index (χ1n) is 10.8. The van der Waals surface area contributed by atoms with E-state index in [4.69, 9.17) is 10.8 Å². The minimum absolute atomic E-state index is 0.231. The minimum Gasteiger partial charge on any atom is -0.367 e. The Morgan fingerprint density at radius 1 is 1.09 bits per heavy atom. The van der Waals surface area contributed by atoms with Gasteiger partial charge in [-0.1, -0.05) is 30.3 Å². The average molecular weight is 440 g/mol. The molecule has 0 aliphatic heterocycles. The number of nitrogens with two attached hydrogens (primary N) is 1. The third kappa shape index (κ3) is 3.59. The average Bonchev–Trinajstić information content (AvgIpc) is 3.41. The number of benzene rings is 1. The number of anilines is 1. The van der Waals surface area contributed by atoms with Crippen molar-refractivity contribution in [3.8, 4) is 11.3 Å². The van der Waals surface area contributed by atoms with Gasteiger partial charge in [0, 0.05) is 43.0 Å². The summed E-state index contributed by atoms with van der Waals surface area (Å²) in [6.07, 6.45) is 5.34. The summed E-state index contributed by atoms with van der Waals surface area (Å²) >= 11 is 0. The second kappa shape index (κ2) is 8.05. The van der Waals surface area contributed by atoms with Gasteiger partial charge in [0.1, 0.15) is 11.3 Å². The molecule has 1 amide bonds. The lowest BCUT2D eigenvalue weighted by atomic mass is 10.1. The SMILES string of the molecule is CC(C)n1cc(-c2cc(N(C)Cc3ccccc3)c3ncc(C(N)=O)n3n2)c2cccnc21. The lowest BCUT2D eigenvalue weighted by Gasteiger charge is -2.21. The number of aromatic nitrogens is 5. The lowest BCUT2D eigenvalue weighted by Crippen LogP contribution is -2.19. The van der Waals surface area contributed by atoms with Crippen molar-refractivity contribution in [1.29, 1.82) is 0 Å². The predicted octanol–water partition coefficient (Wildman–Crippen LogP) is 4.06. The Bertz CT molecular complexity index is 1470. The highest BCUT2D eigenvalue weighted by Crippen LogP contribution is 2.33. The van der Waals surface area contributed by atoms with Crippen LogP contribution < -0.4 is 10.6 Å². The van der Waals surface area contributed by atoms with E-state index in [1.165, 1.54) is 11.8 Å². The number of pyridine rings is 1. The topological polar surface area (TPSA) is 94.3 Å². The fourth-order valence-corrected chi connectivity index (χ4v) is 4.16. The van der Waals surface area contributed by atoms with Crippen LogP contribution in [0, 0.1) is 0 Å². The van der Waals surface area contributed by atoms with E-state index >= 15 is 0 Å². The molecule has 0 fully saturated rings. The van der Waals surface area contributed by atoms with Gasteiger partial charge in [0.25, 0.3) is 5.91 Å². The molecule has 0 aliphatic rings. The summed E-state index contributed by atoms with van der Waals surface area (Å²) in [6.45, 7) is 4.91. The molecule has 0 atom stereocenters. The highest BCUT2D eigenvalue weighted by molar-refractivity contribution is 5.95. The van der Waals surface area contributed by atoms with Gasteiger partial charge in [-0.3, -0.25) is 4.79 Å².